The zero-order valence-electron chi connectivity index (χ0n) is 9.35. The van der Waals surface area contributed by atoms with E-state index in [0.717, 1.165) is 10.2 Å². The van der Waals surface area contributed by atoms with E-state index in [9.17, 15) is 0 Å². The predicted molar refractivity (Wildman–Crippen MR) is 70.4 cm³/mol. The molecule has 0 saturated carbocycles. The summed E-state index contributed by atoms with van der Waals surface area (Å²) >= 11 is 9.11. The Morgan fingerprint density at radius 2 is 2.06 bits per heavy atom. The van der Waals surface area contributed by atoms with Gasteiger partial charge in [-0.1, -0.05) is 25.4 Å². The molecule has 2 aromatic rings. The Kier molecular flexibility index (Phi) is 3.35. The van der Waals surface area contributed by atoms with E-state index in [1.165, 1.54) is 0 Å². The fraction of sp³-hybridized carbons (Fsp3) is 0.300. The fourth-order valence-electron chi connectivity index (χ4n) is 1.40. The molecule has 0 bridgehead atoms. The number of nitrogen functional groups attached to an aromatic ring is 1. The third kappa shape index (κ3) is 2.28. The quantitative estimate of drug-likeness (QED) is 0.925. The SMILES string of the molecule is CC(C)c1nn(-c2ccc(Cl)nn2)c(N)c1Br. The van der Waals surface area contributed by atoms with Gasteiger partial charge in [0, 0.05) is 0 Å². The van der Waals surface area contributed by atoms with Crippen molar-refractivity contribution in [2.24, 2.45) is 0 Å². The molecular formula is C10H11BrClN5. The Morgan fingerprint density at radius 3 is 2.53 bits per heavy atom. The molecule has 17 heavy (non-hydrogen) atoms. The van der Waals surface area contributed by atoms with Crippen LogP contribution < -0.4 is 5.73 Å². The molecule has 0 aliphatic heterocycles. The Labute approximate surface area is 112 Å². The highest BCUT2D eigenvalue weighted by atomic mass is 79.9. The van der Waals surface area contributed by atoms with Crippen molar-refractivity contribution in [2.75, 3.05) is 5.73 Å². The van der Waals surface area contributed by atoms with Gasteiger partial charge in [-0.25, -0.2) is 0 Å². The van der Waals surface area contributed by atoms with E-state index in [0.29, 0.717) is 16.8 Å². The average Bonchev–Trinajstić information content (AvgIpc) is 2.58. The minimum atomic E-state index is 0.271. The standard InChI is InChI=1S/C10H11BrClN5/c1-5(2)9-8(11)10(13)17(16-9)7-4-3-6(12)14-15-7/h3-5H,13H2,1-2H3. The second-order valence-electron chi connectivity index (χ2n) is 3.87. The molecule has 0 aliphatic carbocycles. The molecule has 0 aromatic carbocycles. The summed E-state index contributed by atoms with van der Waals surface area (Å²) in [5.74, 6) is 1.32. The molecule has 2 heterocycles. The van der Waals surface area contributed by atoms with Gasteiger partial charge in [0.15, 0.2) is 11.0 Å². The maximum absolute atomic E-state index is 5.96. The highest BCUT2D eigenvalue weighted by molar-refractivity contribution is 9.10. The maximum Gasteiger partial charge on any atom is 0.178 e. The summed E-state index contributed by atoms with van der Waals surface area (Å²) in [6.07, 6.45) is 0. The van der Waals surface area contributed by atoms with E-state index in [4.69, 9.17) is 17.3 Å². The van der Waals surface area contributed by atoms with Gasteiger partial charge in [0.05, 0.1) is 10.2 Å². The lowest BCUT2D eigenvalue weighted by atomic mass is 10.1. The van der Waals surface area contributed by atoms with Crippen molar-refractivity contribution in [1.29, 1.82) is 0 Å². The van der Waals surface area contributed by atoms with E-state index in [2.05, 4.69) is 31.2 Å². The second kappa shape index (κ2) is 4.62. The van der Waals surface area contributed by atoms with Crippen molar-refractivity contribution in [3.05, 3.63) is 27.5 Å². The number of halogens is 2. The molecule has 0 saturated heterocycles. The number of hydrogen-bond donors (Lipinski definition) is 1. The first-order chi connectivity index (χ1) is 8.00. The number of anilines is 1. The van der Waals surface area contributed by atoms with E-state index in [1.54, 1.807) is 16.8 Å². The van der Waals surface area contributed by atoms with E-state index >= 15 is 0 Å². The molecule has 2 aromatic heterocycles. The summed E-state index contributed by atoms with van der Waals surface area (Å²) < 4.78 is 2.34. The van der Waals surface area contributed by atoms with Crippen molar-refractivity contribution >= 4 is 33.3 Å². The fourth-order valence-corrected chi connectivity index (χ4v) is 2.20. The number of hydrogen-bond acceptors (Lipinski definition) is 4. The molecule has 0 fully saturated rings. The molecule has 0 atom stereocenters. The Morgan fingerprint density at radius 1 is 1.35 bits per heavy atom. The van der Waals surface area contributed by atoms with E-state index < -0.39 is 0 Å². The van der Waals surface area contributed by atoms with Gasteiger partial charge in [-0.15, -0.1) is 10.2 Å². The molecule has 0 amide bonds. The van der Waals surface area contributed by atoms with E-state index in [1.807, 2.05) is 13.8 Å². The minimum Gasteiger partial charge on any atom is -0.383 e. The molecule has 2 rings (SSSR count). The molecule has 0 spiro atoms. The summed E-state index contributed by atoms with van der Waals surface area (Å²) in [5, 5.41) is 12.4. The van der Waals surface area contributed by atoms with Gasteiger partial charge < -0.3 is 5.73 Å². The molecule has 0 aliphatic rings. The average molecular weight is 317 g/mol. The van der Waals surface area contributed by atoms with Gasteiger partial charge in [-0.05, 0) is 34.0 Å². The van der Waals surface area contributed by atoms with Gasteiger partial charge in [-0.3, -0.25) is 0 Å². The van der Waals surface area contributed by atoms with Crippen molar-refractivity contribution in [3.8, 4) is 5.82 Å². The number of nitrogens with zero attached hydrogens (tertiary/aromatic N) is 4. The van der Waals surface area contributed by atoms with Crippen LogP contribution in [0.3, 0.4) is 0 Å². The van der Waals surface area contributed by atoms with Crippen molar-refractivity contribution in [1.82, 2.24) is 20.0 Å². The molecule has 5 nitrogen and oxygen atoms in total. The van der Waals surface area contributed by atoms with Crippen LogP contribution in [0, 0.1) is 0 Å². The van der Waals surface area contributed by atoms with Gasteiger partial charge >= 0.3 is 0 Å². The van der Waals surface area contributed by atoms with Crippen LogP contribution in [0.5, 0.6) is 0 Å². The molecule has 0 unspecified atom stereocenters. The van der Waals surface area contributed by atoms with Crippen molar-refractivity contribution < 1.29 is 0 Å². The van der Waals surface area contributed by atoms with Crippen molar-refractivity contribution in [3.63, 3.8) is 0 Å². The first-order valence-corrected chi connectivity index (χ1v) is 6.21. The van der Waals surface area contributed by atoms with Gasteiger partial charge in [-0.2, -0.15) is 9.78 Å². The Balaban J connectivity index is 2.53. The zero-order valence-corrected chi connectivity index (χ0v) is 11.7. The van der Waals surface area contributed by atoms with Crippen LogP contribution in [0.2, 0.25) is 5.15 Å². The van der Waals surface area contributed by atoms with Crippen molar-refractivity contribution in [2.45, 2.75) is 19.8 Å². The highest BCUT2D eigenvalue weighted by Gasteiger charge is 2.17. The smallest absolute Gasteiger partial charge is 0.178 e. The Hall–Kier alpha value is -1.14. The second-order valence-corrected chi connectivity index (χ2v) is 5.05. The first kappa shape index (κ1) is 12.3. The number of nitrogens with two attached hydrogens (primary N) is 1. The normalized spacial score (nSPS) is 11.1. The van der Waals surface area contributed by atoms with Crippen LogP contribution in [0.25, 0.3) is 5.82 Å². The van der Waals surface area contributed by atoms with Crippen LogP contribution in [0.1, 0.15) is 25.5 Å². The lowest BCUT2D eigenvalue weighted by Gasteiger charge is -2.01. The third-order valence-corrected chi connectivity index (χ3v) is 3.28. The highest BCUT2D eigenvalue weighted by Crippen LogP contribution is 2.30. The zero-order chi connectivity index (χ0) is 12.6. The number of rotatable bonds is 2. The lowest BCUT2D eigenvalue weighted by Crippen LogP contribution is -2.05. The third-order valence-electron chi connectivity index (χ3n) is 2.27. The Bertz CT molecular complexity index is 534. The largest absolute Gasteiger partial charge is 0.383 e. The minimum absolute atomic E-state index is 0.271. The topological polar surface area (TPSA) is 69.6 Å². The predicted octanol–water partition coefficient (Wildman–Crippen LogP) is 2.78. The van der Waals surface area contributed by atoms with Crippen LogP contribution in [-0.4, -0.2) is 20.0 Å². The summed E-state index contributed by atoms with van der Waals surface area (Å²) in [5.41, 5.74) is 6.85. The van der Waals surface area contributed by atoms with Crippen LogP contribution in [0.15, 0.2) is 16.6 Å². The monoisotopic (exact) mass is 315 g/mol. The maximum atomic E-state index is 5.96. The van der Waals surface area contributed by atoms with Crippen LogP contribution >= 0.6 is 27.5 Å². The number of aromatic nitrogens is 4. The molecule has 2 N–H and O–H groups in total. The summed E-state index contributed by atoms with van der Waals surface area (Å²) in [4.78, 5) is 0. The molecule has 0 radical (unpaired) electrons. The lowest BCUT2D eigenvalue weighted by molar-refractivity contribution is 0.750. The summed E-state index contributed by atoms with van der Waals surface area (Å²) in [6, 6.07) is 3.36. The molecule has 7 heteroatoms. The molecular weight excluding hydrogens is 306 g/mol. The summed E-state index contributed by atoms with van der Waals surface area (Å²) in [7, 11) is 0. The summed E-state index contributed by atoms with van der Waals surface area (Å²) in [6.45, 7) is 4.09. The first-order valence-electron chi connectivity index (χ1n) is 5.04. The van der Waals surface area contributed by atoms with Crippen LogP contribution in [0.4, 0.5) is 5.82 Å². The van der Waals surface area contributed by atoms with Gasteiger partial charge in [0.25, 0.3) is 0 Å². The molecule has 90 valence electrons. The van der Waals surface area contributed by atoms with Crippen LogP contribution in [-0.2, 0) is 0 Å². The van der Waals surface area contributed by atoms with Gasteiger partial charge in [0.1, 0.15) is 5.82 Å². The van der Waals surface area contributed by atoms with E-state index in [-0.39, 0.29) is 5.92 Å². The van der Waals surface area contributed by atoms with Gasteiger partial charge in [0.2, 0.25) is 0 Å².